The largest absolute Gasteiger partial charge is 0.490 e. The fourth-order valence-corrected chi connectivity index (χ4v) is 5.83. The van der Waals surface area contributed by atoms with Gasteiger partial charge in [-0.15, -0.1) is 0 Å². The fourth-order valence-electron chi connectivity index (χ4n) is 5.07. The molecule has 0 aromatic heterocycles. The van der Waals surface area contributed by atoms with Gasteiger partial charge in [0.2, 0.25) is 0 Å². The predicted octanol–water partition coefficient (Wildman–Crippen LogP) is 6.33. The molecule has 0 bridgehead atoms. The summed E-state index contributed by atoms with van der Waals surface area (Å²) in [6.07, 6.45) is 13.2. The standard InChI is InChI=1S/C28H46O5Si/c1-27(29,23-30-25-13-9-8-10-14-25)18-16-24-17-19-28(31-21-22-32-28)26(24)15-11-6-5-7-12-20-33-34(2,3)4/h8-10,13-14,16,18,24,26,29H,5-7,11-12,15,17,19-23H2,1-4H3. The molecule has 2 fully saturated rings. The van der Waals surface area contributed by atoms with E-state index in [0.717, 1.165) is 38.0 Å². The minimum absolute atomic E-state index is 0.227. The lowest BCUT2D eigenvalue weighted by molar-refractivity contribution is -0.186. The van der Waals surface area contributed by atoms with Gasteiger partial charge in [-0.05, 0) is 63.9 Å². The number of hydrogen-bond acceptors (Lipinski definition) is 5. The summed E-state index contributed by atoms with van der Waals surface area (Å²) in [4.78, 5) is 0. The van der Waals surface area contributed by atoms with Crippen LogP contribution in [0.4, 0.5) is 0 Å². The second kappa shape index (κ2) is 12.7. The molecule has 2 aliphatic rings. The van der Waals surface area contributed by atoms with Crippen LogP contribution in [0.1, 0.15) is 58.3 Å². The number of unbranched alkanes of at least 4 members (excludes halogenated alkanes) is 4. The van der Waals surface area contributed by atoms with E-state index in [1.807, 2.05) is 36.4 Å². The molecule has 6 heteroatoms. The number of ether oxygens (including phenoxy) is 3. The van der Waals surface area contributed by atoms with E-state index in [1.54, 1.807) is 6.92 Å². The third kappa shape index (κ3) is 8.79. The van der Waals surface area contributed by atoms with Crippen molar-refractivity contribution >= 4 is 8.32 Å². The Morgan fingerprint density at radius 1 is 1.06 bits per heavy atom. The third-order valence-electron chi connectivity index (χ3n) is 6.86. The zero-order valence-corrected chi connectivity index (χ0v) is 22.8. The Morgan fingerprint density at radius 2 is 1.74 bits per heavy atom. The van der Waals surface area contributed by atoms with Crippen molar-refractivity contribution in [2.45, 2.75) is 89.3 Å². The van der Waals surface area contributed by atoms with E-state index < -0.39 is 19.7 Å². The van der Waals surface area contributed by atoms with Gasteiger partial charge in [0.15, 0.2) is 14.1 Å². The normalized spacial score (nSPS) is 24.1. The van der Waals surface area contributed by atoms with E-state index in [0.29, 0.717) is 25.0 Å². The van der Waals surface area contributed by atoms with Crippen LogP contribution in [0.15, 0.2) is 42.5 Å². The smallest absolute Gasteiger partial charge is 0.183 e. The lowest BCUT2D eigenvalue weighted by atomic mass is 9.86. The molecule has 3 rings (SSSR count). The molecule has 1 spiro atoms. The van der Waals surface area contributed by atoms with Crippen LogP contribution in [0, 0.1) is 11.8 Å². The zero-order chi connectivity index (χ0) is 24.5. The molecule has 1 heterocycles. The Morgan fingerprint density at radius 3 is 2.44 bits per heavy atom. The first-order valence-corrected chi connectivity index (χ1v) is 16.6. The van der Waals surface area contributed by atoms with Gasteiger partial charge < -0.3 is 23.7 Å². The number of benzene rings is 1. The van der Waals surface area contributed by atoms with Crippen LogP contribution < -0.4 is 4.74 Å². The van der Waals surface area contributed by atoms with Gasteiger partial charge in [0.25, 0.3) is 0 Å². The van der Waals surface area contributed by atoms with Crippen molar-refractivity contribution in [3.8, 4) is 5.75 Å². The highest BCUT2D eigenvalue weighted by Gasteiger charge is 2.51. The molecule has 0 amide bonds. The topological polar surface area (TPSA) is 57.2 Å². The number of hydrogen-bond donors (Lipinski definition) is 1. The van der Waals surface area contributed by atoms with Gasteiger partial charge in [-0.1, -0.05) is 56.0 Å². The van der Waals surface area contributed by atoms with Crippen molar-refractivity contribution in [2.75, 3.05) is 26.4 Å². The predicted molar refractivity (Wildman–Crippen MR) is 140 cm³/mol. The molecular weight excluding hydrogens is 444 g/mol. The maximum atomic E-state index is 10.9. The number of aliphatic hydroxyl groups is 1. The molecule has 5 nitrogen and oxygen atoms in total. The van der Waals surface area contributed by atoms with Crippen molar-refractivity contribution in [1.29, 1.82) is 0 Å². The monoisotopic (exact) mass is 490 g/mol. The van der Waals surface area contributed by atoms with Crippen LogP contribution in [-0.2, 0) is 13.9 Å². The van der Waals surface area contributed by atoms with Crippen LogP contribution >= 0.6 is 0 Å². The summed E-state index contributed by atoms with van der Waals surface area (Å²) >= 11 is 0. The molecule has 1 aliphatic heterocycles. The van der Waals surface area contributed by atoms with Crippen LogP contribution in [-0.4, -0.2) is 51.2 Å². The first kappa shape index (κ1) is 27.4. The minimum Gasteiger partial charge on any atom is -0.490 e. The molecular formula is C28H46O5Si. The highest BCUT2D eigenvalue weighted by atomic mass is 28.4. The lowest BCUT2D eigenvalue weighted by Crippen LogP contribution is -2.36. The third-order valence-corrected chi connectivity index (χ3v) is 7.93. The highest BCUT2D eigenvalue weighted by Crippen LogP contribution is 2.49. The van der Waals surface area contributed by atoms with E-state index in [9.17, 15) is 5.11 Å². The molecule has 192 valence electrons. The van der Waals surface area contributed by atoms with E-state index in [4.69, 9.17) is 18.6 Å². The second-order valence-corrected chi connectivity index (χ2v) is 15.7. The summed E-state index contributed by atoms with van der Waals surface area (Å²) in [6.45, 7) is 11.1. The van der Waals surface area contributed by atoms with Gasteiger partial charge in [0.1, 0.15) is 18.0 Å². The Labute approximate surface area is 208 Å². The van der Waals surface area contributed by atoms with Gasteiger partial charge in [-0.3, -0.25) is 0 Å². The number of para-hydroxylation sites is 1. The maximum Gasteiger partial charge on any atom is 0.183 e. The summed E-state index contributed by atoms with van der Waals surface area (Å²) < 4.78 is 24.1. The molecule has 0 radical (unpaired) electrons. The van der Waals surface area contributed by atoms with E-state index in [1.165, 1.54) is 25.7 Å². The fraction of sp³-hybridized carbons (Fsp3) is 0.714. The van der Waals surface area contributed by atoms with Crippen molar-refractivity contribution < 1.29 is 23.7 Å². The van der Waals surface area contributed by atoms with E-state index in [-0.39, 0.29) is 6.61 Å². The summed E-state index contributed by atoms with van der Waals surface area (Å²) in [7, 11) is -1.38. The average molecular weight is 491 g/mol. The average Bonchev–Trinajstić information content (AvgIpc) is 3.40. The molecule has 1 saturated carbocycles. The van der Waals surface area contributed by atoms with Crippen molar-refractivity contribution in [2.24, 2.45) is 11.8 Å². The summed E-state index contributed by atoms with van der Waals surface area (Å²) in [5, 5.41) is 10.9. The SMILES string of the molecule is CC(O)(C=CC1CCC2(OCCO2)C1CCCCCCCO[Si](C)(C)C)COc1ccccc1. The Bertz CT molecular complexity index is 737. The number of rotatable bonds is 14. The minimum atomic E-state index is -1.38. The summed E-state index contributed by atoms with van der Waals surface area (Å²) in [6, 6.07) is 9.64. The van der Waals surface area contributed by atoms with E-state index in [2.05, 4.69) is 25.7 Å². The van der Waals surface area contributed by atoms with Crippen LogP contribution in [0.5, 0.6) is 5.75 Å². The summed E-state index contributed by atoms with van der Waals surface area (Å²) in [5.74, 6) is 1.04. The first-order valence-electron chi connectivity index (χ1n) is 13.2. The maximum absolute atomic E-state index is 10.9. The molecule has 3 atom stereocenters. The van der Waals surface area contributed by atoms with Gasteiger partial charge in [0, 0.05) is 18.9 Å². The molecule has 1 N–H and O–H groups in total. The van der Waals surface area contributed by atoms with Crippen molar-refractivity contribution in [3.63, 3.8) is 0 Å². The Hall–Kier alpha value is -1.18. The quantitative estimate of drug-likeness (QED) is 0.187. The molecule has 1 aromatic rings. The second-order valence-electron chi connectivity index (χ2n) is 11.2. The van der Waals surface area contributed by atoms with Gasteiger partial charge in [0.05, 0.1) is 13.2 Å². The number of allylic oxidation sites excluding steroid dienone is 1. The van der Waals surface area contributed by atoms with Crippen molar-refractivity contribution in [1.82, 2.24) is 0 Å². The first-order chi connectivity index (χ1) is 16.2. The van der Waals surface area contributed by atoms with Crippen molar-refractivity contribution in [3.05, 3.63) is 42.5 Å². The van der Waals surface area contributed by atoms with Crippen LogP contribution in [0.25, 0.3) is 0 Å². The van der Waals surface area contributed by atoms with Gasteiger partial charge in [-0.25, -0.2) is 0 Å². The highest BCUT2D eigenvalue weighted by molar-refractivity contribution is 6.69. The lowest BCUT2D eigenvalue weighted by Gasteiger charge is -2.32. The Kier molecular flexibility index (Phi) is 10.2. The van der Waals surface area contributed by atoms with Crippen LogP contribution in [0.3, 0.4) is 0 Å². The van der Waals surface area contributed by atoms with E-state index >= 15 is 0 Å². The molecule has 1 aliphatic carbocycles. The summed E-state index contributed by atoms with van der Waals surface area (Å²) in [5.41, 5.74) is -1.02. The molecule has 1 saturated heterocycles. The molecule has 34 heavy (non-hydrogen) atoms. The molecule has 3 unspecified atom stereocenters. The van der Waals surface area contributed by atoms with Gasteiger partial charge in [-0.2, -0.15) is 0 Å². The molecule has 1 aromatic carbocycles. The zero-order valence-electron chi connectivity index (χ0n) is 21.8. The van der Waals surface area contributed by atoms with Crippen LogP contribution in [0.2, 0.25) is 19.6 Å². The van der Waals surface area contributed by atoms with Gasteiger partial charge >= 0.3 is 0 Å². The Balaban J connectivity index is 1.46.